The Morgan fingerprint density at radius 1 is 0.679 bits per heavy atom. The van der Waals surface area contributed by atoms with Gasteiger partial charge in [0.1, 0.15) is 0 Å². The summed E-state index contributed by atoms with van der Waals surface area (Å²) in [6, 6.07) is 29.0. The van der Waals surface area contributed by atoms with Crippen molar-refractivity contribution in [3.63, 3.8) is 0 Å². The quantitative estimate of drug-likeness (QED) is 0.425. The molecular weight excluding hydrogens is 344 g/mol. The van der Waals surface area contributed by atoms with Gasteiger partial charge < -0.3 is 4.90 Å². The van der Waals surface area contributed by atoms with E-state index in [4.69, 9.17) is 0 Å². The van der Waals surface area contributed by atoms with Crippen molar-refractivity contribution < 1.29 is 4.79 Å². The van der Waals surface area contributed by atoms with Crippen molar-refractivity contribution in [1.29, 1.82) is 0 Å². The van der Waals surface area contributed by atoms with Gasteiger partial charge >= 0.3 is 6.03 Å². The minimum absolute atomic E-state index is 0.0785. The maximum Gasteiger partial charge on any atom is 0.329 e. The van der Waals surface area contributed by atoms with Crippen molar-refractivity contribution in [2.24, 2.45) is 0 Å². The largest absolute Gasteiger partial charge is 0.329 e. The molecule has 0 atom stereocenters. The second-order valence-corrected chi connectivity index (χ2v) is 7.28. The van der Waals surface area contributed by atoms with Gasteiger partial charge in [-0.05, 0) is 30.0 Å². The standard InChI is InChI=1S/C25H22N2O/c28-25(26-17-9-10-18-26)27-22-16-8-7-15-21(22)23(19-11-3-1-4-12-19)24(27)20-13-5-2-6-14-20/h1-8,11-16H,9-10,17-18H2. The summed E-state index contributed by atoms with van der Waals surface area (Å²) in [5.41, 5.74) is 5.26. The van der Waals surface area contributed by atoms with Gasteiger partial charge in [-0.3, -0.25) is 4.57 Å². The average Bonchev–Trinajstić information content (AvgIpc) is 3.41. The molecule has 1 aliphatic heterocycles. The summed E-state index contributed by atoms with van der Waals surface area (Å²) in [7, 11) is 0. The summed E-state index contributed by atoms with van der Waals surface area (Å²) >= 11 is 0. The van der Waals surface area contributed by atoms with Crippen LogP contribution in [-0.4, -0.2) is 28.6 Å². The summed E-state index contributed by atoms with van der Waals surface area (Å²) in [6.07, 6.45) is 2.16. The number of nitrogens with zero attached hydrogens (tertiary/aromatic N) is 2. The lowest BCUT2D eigenvalue weighted by atomic mass is 9.98. The van der Waals surface area contributed by atoms with Crippen molar-refractivity contribution in [3.05, 3.63) is 84.9 Å². The Hall–Kier alpha value is -3.33. The van der Waals surface area contributed by atoms with Crippen LogP contribution >= 0.6 is 0 Å². The zero-order valence-electron chi connectivity index (χ0n) is 15.7. The molecule has 28 heavy (non-hydrogen) atoms. The van der Waals surface area contributed by atoms with Crippen LogP contribution in [0.4, 0.5) is 4.79 Å². The van der Waals surface area contributed by atoms with E-state index in [0.29, 0.717) is 0 Å². The maximum atomic E-state index is 13.6. The van der Waals surface area contributed by atoms with Crippen LogP contribution < -0.4 is 0 Å². The first-order valence-corrected chi connectivity index (χ1v) is 9.88. The molecule has 3 aromatic carbocycles. The molecule has 138 valence electrons. The van der Waals surface area contributed by atoms with Gasteiger partial charge in [0, 0.05) is 24.0 Å². The van der Waals surface area contributed by atoms with Gasteiger partial charge in [0.2, 0.25) is 0 Å². The van der Waals surface area contributed by atoms with Crippen molar-refractivity contribution in [1.82, 2.24) is 9.47 Å². The summed E-state index contributed by atoms with van der Waals surface area (Å²) in [5.74, 6) is 0. The Kier molecular flexibility index (Phi) is 4.21. The minimum Gasteiger partial charge on any atom is -0.324 e. The number of amides is 1. The SMILES string of the molecule is O=C(N1CCCC1)n1c(-c2ccccc2)c(-c2ccccc2)c2ccccc21. The first kappa shape index (κ1) is 16.8. The number of carbonyl (C=O) groups is 1. The topological polar surface area (TPSA) is 25.2 Å². The van der Waals surface area contributed by atoms with E-state index in [1.54, 1.807) is 0 Å². The average molecular weight is 366 g/mol. The second kappa shape index (κ2) is 7.01. The van der Waals surface area contributed by atoms with Crippen LogP contribution in [0.15, 0.2) is 84.9 Å². The van der Waals surface area contributed by atoms with E-state index in [1.807, 2.05) is 45.9 Å². The third kappa shape index (κ3) is 2.71. The van der Waals surface area contributed by atoms with E-state index in [0.717, 1.165) is 59.2 Å². The maximum absolute atomic E-state index is 13.6. The first-order chi connectivity index (χ1) is 13.8. The fourth-order valence-corrected chi connectivity index (χ4v) is 4.25. The predicted octanol–water partition coefficient (Wildman–Crippen LogP) is 6.04. The number of rotatable bonds is 2. The summed E-state index contributed by atoms with van der Waals surface area (Å²) < 4.78 is 1.93. The van der Waals surface area contributed by atoms with Gasteiger partial charge in [-0.25, -0.2) is 4.79 Å². The zero-order valence-corrected chi connectivity index (χ0v) is 15.7. The fraction of sp³-hybridized carbons (Fsp3) is 0.160. The van der Waals surface area contributed by atoms with Crippen LogP contribution in [0.3, 0.4) is 0 Å². The van der Waals surface area contributed by atoms with Crippen molar-refractivity contribution >= 4 is 16.9 Å². The fourth-order valence-electron chi connectivity index (χ4n) is 4.25. The summed E-state index contributed by atoms with van der Waals surface area (Å²) in [5, 5.41) is 1.11. The second-order valence-electron chi connectivity index (χ2n) is 7.28. The van der Waals surface area contributed by atoms with E-state index in [9.17, 15) is 4.79 Å². The van der Waals surface area contributed by atoms with Gasteiger partial charge in [-0.2, -0.15) is 0 Å². The number of likely N-dealkylation sites (tertiary alicyclic amines) is 1. The molecule has 0 saturated carbocycles. The van der Waals surface area contributed by atoms with E-state index < -0.39 is 0 Å². The number of carbonyl (C=O) groups excluding carboxylic acids is 1. The van der Waals surface area contributed by atoms with Gasteiger partial charge in [0.25, 0.3) is 0 Å². The molecule has 1 aromatic heterocycles. The monoisotopic (exact) mass is 366 g/mol. The molecule has 1 saturated heterocycles. The highest BCUT2D eigenvalue weighted by molar-refractivity contribution is 6.09. The molecule has 0 unspecified atom stereocenters. The lowest BCUT2D eigenvalue weighted by Crippen LogP contribution is -2.32. The highest BCUT2D eigenvalue weighted by atomic mass is 16.2. The molecule has 0 N–H and O–H groups in total. The number of hydrogen-bond donors (Lipinski definition) is 0. The Labute approximate surface area is 164 Å². The number of para-hydroxylation sites is 1. The predicted molar refractivity (Wildman–Crippen MR) is 114 cm³/mol. The summed E-state index contributed by atoms with van der Waals surface area (Å²) in [4.78, 5) is 15.6. The number of aromatic nitrogens is 1. The van der Waals surface area contributed by atoms with E-state index >= 15 is 0 Å². The molecule has 0 bridgehead atoms. The molecule has 0 spiro atoms. The number of benzene rings is 3. The van der Waals surface area contributed by atoms with Crippen LogP contribution in [0, 0.1) is 0 Å². The Bertz CT molecular complexity index is 1120. The van der Waals surface area contributed by atoms with E-state index in [2.05, 4.69) is 48.5 Å². The summed E-state index contributed by atoms with van der Waals surface area (Å²) in [6.45, 7) is 1.67. The zero-order chi connectivity index (χ0) is 18.9. The van der Waals surface area contributed by atoms with Crippen LogP contribution in [-0.2, 0) is 0 Å². The van der Waals surface area contributed by atoms with Crippen molar-refractivity contribution in [2.75, 3.05) is 13.1 Å². The van der Waals surface area contributed by atoms with Crippen molar-refractivity contribution in [2.45, 2.75) is 12.8 Å². The third-order valence-electron chi connectivity index (χ3n) is 5.55. The van der Waals surface area contributed by atoms with Crippen LogP contribution in [0.2, 0.25) is 0 Å². The Morgan fingerprint density at radius 3 is 1.93 bits per heavy atom. The molecule has 1 amide bonds. The lowest BCUT2D eigenvalue weighted by Gasteiger charge is -2.19. The number of fused-ring (bicyclic) bond motifs is 1. The minimum atomic E-state index is 0.0785. The van der Waals surface area contributed by atoms with E-state index in [-0.39, 0.29) is 6.03 Å². The molecule has 1 aliphatic rings. The molecular formula is C25H22N2O. The molecule has 0 aliphatic carbocycles. The van der Waals surface area contributed by atoms with Gasteiger partial charge in [-0.1, -0.05) is 78.9 Å². The highest BCUT2D eigenvalue weighted by Crippen LogP contribution is 2.41. The molecule has 1 fully saturated rings. The first-order valence-electron chi connectivity index (χ1n) is 9.88. The molecule has 5 rings (SSSR count). The smallest absolute Gasteiger partial charge is 0.324 e. The number of hydrogen-bond acceptors (Lipinski definition) is 1. The lowest BCUT2D eigenvalue weighted by molar-refractivity contribution is 0.212. The normalized spacial score (nSPS) is 13.9. The third-order valence-corrected chi connectivity index (χ3v) is 5.55. The molecule has 2 heterocycles. The van der Waals surface area contributed by atoms with E-state index in [1.165, 1.54) is 0 Å². The molecule has 3 heteroatoms. The van der Waals surface area contributed by atoms with Crippen LogP contribution in [0.1, 0.15) is 12.8 Å². The Morgan fingerprint density at radius 2 is 1.25 bits per heavy atom. The highest BCUT2D eigenvalue weighted by Gasteiger charge is 2.27. The van der Waals surface area contributed by atoms with Crippen LogP contribution in [0.5, 0.6) is 0 Å². The van der Waals surface area contributed by atoms with Crippen molar-refractivity contribution in [3.8, 4) is 22.4 Å². The molecule has 0 radical (unpaired) electrons. The molecule has 3 nitrogen and oxygen atoms in total. The van der Waals surface area contributed by atoms with Gasteiger partial charge in [0.15, 0.2) is 0 Å². The van der Waals surface area contributed by atoms with Gasteiger partial charge in [-0.15, -0.1) is 0 Å². The van der Waals surface area contributed by atoms with Crippen LogP contribution in [0.25, 0.3) is 33.3 Å². The molecule has 4 aromatic rings. The Balaban J connectivity index is 1.86. The van der Waals surface area contributed by atoms with Gasteiger partial charge in [0.05, 0.1) is 11.2 Å².